The van der Waals surface area contributed by atoms with Gasteiger partial charge in [0.1, 0.15) is 5.75 Å². The Morgan fingerprint density at radius 2 is 1.91 bits per heavy atom. The van der Waals surface area contributed by atoms with Gasteiger partial charge in [-0.15, -0.1) is 0 Å². The molecular weight excluding hydrogens is 332 g/mol. The number of nitrogens with zero attached hydrogens (tertiary/aromatic N) is 1. The second-order valence-corrected chi connectivity index (χ2v) is 5.03. The molecule has 2 aromatic rings. The molecule has 0 radical (unpaired) electrons. The van der Waals surface area contributed by atoms with Crippen molar-refractivity contribution in [3.8, 4) is 5.75 Å². The molecule has 1 atom stereocenters. The maximum atomic E-state index is 13.2. The van der Waals surface area contributed by atoms with E-state index in [2.05, 4.69) is 0 Å². The van der Waals surface area contributed by atoms with Crippen LogP contribution in [0, 0.1) is 21.7 Å². The van der Waals surface area contributed by atoms with E-state index in [-0.39, 0.29) is 22.0 Å². The molecule has 0 saturated heterocycles. The Hall–Kier alpha value is -2.54. The smallest absolute Gasteiger partial charge is 0.271 e. The first-order valence-corrected chi connectivity index (χ1v) is 6.77. The van der Waals surface area contributed by atoms with E-state index in [1.807, 2.05) is 0 Å². The van der Waals surface area contributed by atoms with Crippen LogP contribution < -0.4 is 4.74 Å². The Bertz CT molecular complexity index is 782. The Balaban J connectivity index is 2.18. The normalized spacial score (nSPS) is 11.8. The van der Waals surface area contributed by atoms with Gasteiger partial charge in [0, 0.05) is 17.7 Å². The molecule has 0 aliphatic carbocycles. The number of non-ortho nitro benzene ring substituents is 1. The van der Waals surface area contributed by atoms with E-state index in [4.69, 9.17) is 16.3 Å². The highest BCUT2D eigenvalue weighted by atomic mass is 35.5. The van der Waals surface area contributed by atoms with Gasteiger partial charge in [0.2, 0.25) is 5.78 Å². The van der Waals surface area contributed by atoms with Crippen LogP contribution in [0.2, 0.25) is 5.02 Å². The van der Waals surface area contributed by atoms with Crippen LogP contribution in [-0.2, 0) is 0 Å². The number of ether oxygens (including phenoxy) is 1. The lowest BCUT2D eigenvalue weighted by atomic mass is 10.1. The van der Waals surface area contributed by atoms with Crippen molar-refractivity contribution in [2.45, 2.75) is 13.0 Å². The number of nitro benzene ring substituents is 1. The van der Waals surface area contributed by atoms with Gasteiger partial charge in [0.25, 0.3) is 5.69 Å². The van der Waals surface area contributed by atoms with E-state index in [9.17, 15) is 23.7 Å². The summed E-state index contributed by atoms with van der Waals surface area (Å²) in [6.07, 6.45) is -1.04. The van der Waals surface area contributed by atoms with Crippen LogP contribution in [0.1, 0.15) is 17.3 Å². The van der Waals surface area contributed by atoms with Crippen molar-refractivity contribution in [2.24, 2.45) is 0 Å². The molecule has 8 heteroatoms. The zero-order valence-corrected chi connectivity index (χ0v) is 12.5. The monoisotopic (exact) mass is 341 g/mol. The number of hydrogen-bond acceptors (Lipinski definition) is 4. The average molecular weight is 342 g/mol. The summed E-state index contributed by atoms with van der Waals surface area (Å²) in [7, 11) is 0. The van der Waals surface area contributed by atoms with E-state index < -0.39 is 28.4 Å². The summed E-state index contributed by atoms with van der Waals surface area (Å²) in [4.78, 5) is 22.1. The van der Waals surface area contributed by atoms with Crippen LogP contribution in [0.4, 0.5) is 14.5 Å². The van der Waals surface area contributed by atoms with Gasteiger partial charge in [-0.2, -0.15) is 0 Å². The third-order valence-corrected chi connectivity index (χ3v) is 3.30. The van der Waals surface area contributed by atoms with Crippen molar-refractivity contribution >= 4 is 23.1 Å². The molecule has 0 N–H and O–H groups in total. The molecule has 2 rings (SSSR count). The third-order valence-electron chi connectivity index (χ3n) is 3.00. The molecular formula is C15H10ClF2NO4. The summed E-state index contributed by atoms with van der Waals surface area (Å²) in [6, 6.07) is 6.28. The van der Waals surface area contributed by atoms with Crippen molar-refractivity contribution in [2.75, 3.05) is 0 Å². The number of halogens is 3. The lowest BCUT2D eigenvalue weighted by molar-refractivity contribution is -0.384. The maximum Gasteiger partial charge on any atom is 0.271 e. The van der Waals surface area contributed by atoms with Gasteiger partial charge >= 0.3 is 0 Å². The Kier molecular flexibility index (Phi) is 4.90. The molecule has 5 nitrogen and oxygen atoms in total. The largest absolute Gasteiger partial charge is 0.481 e. The maximum absolute atomic E-state index is 13.2. The van der Waals surface area contributed by atoms with Crippen molar-refractivity contribution in [1.82, 2.24) is 0 Å². The van der Waals surface area contributed by atoms with Crippen LogP contribution in [-0.4, -0.2) is 16.8 Å². The number of carbonyl (C=O) groups excluding carboxylic acids is 1. The third kappa shape index (κ3) is 3.81. The number of rotatable bonds is 5. The fourth-order valence-corrected chi connectivity index (χ4v) is 2.05. The Labute approximate surface area is 134 Å². The van der Waals surface area contributed by atoms with Gasteiger partial charge in [0.15, 0.2) is 17.7 Å². The summed E-state index contributed by atoms with van der Waals surface area (Å²) in [5.41, 5.74) is -0.281. The van der Waals surface area contributed by atoms with E-state index in [0.29, 0.717) is 0 Å². The number of benzene rings is 2. The van der Waals surface area contributed by atoms with Crippen molar-refractivity contribution in [1.29, 1.82) is 0 Å². The minimum atomic E-state index is -1.14. The SMILES string of the molecule is CC(Oc1ccc([N+](=O)[O-])cc1Cl)C(=O)c1ccc(F)c(F)c1. The minimum absolute atomic E-state index is 0.0378. The predicted octanol–water partition coefficient (Wildman–Crippen LogP) is 4.18. The first-order chi connectivity index (χ1) is 10.8. The van der Waals surface area contributed by atoms with Crippen LogP contribution in [0.5, 0.6) is 5.75 Å². The lowest BCUT2D eigenvalue weighted by Gasteiger charge is -2.14. The first-order valence-electron chi connectivity index (χ1n) is 6.39. The Morgan fingerprint density at radius 3 is 2.48 bits per heavy atom. The molecule has 0 amide bonds. The topological polar surface area (TPSA) is 69.4 Å². The van der Waals surface area contributed by atoms with E-state index in [0.717, 1.165) is 24.3 Å². The molecule has 0 aliphatic rings. The van der Waals surface area contributed by atoms with Crippen LogP contribution >= 0.6 is 11.6 Å². The van der Waals surface area contributed by atoms with Crippen molar-refractivity contribution in [3.63, 3.8) is 0 Å². The number of Topliss-reactive ketones (excluding diaryl/α,β-unsaturated/α-hetero) is 1. The zero-order valence-electron chi connectivity index (χ0n) is 11.8. The van der Waals surface area contributed by atoms with Crippen LogP contribution in [0.25, 0.3) is 0 Å². The summed E-state index contributed by atoms with van der Waals surface area (Å²) in [5, 5.41) is 10.6. The molecule has 0 bridgehead atoms. The molecule has 23 heavy (non-hydrogen) atoms. The van der Waals surface area contributed by atoms with E-state index in [1.165, 1.54) is 19.1 Å². The predicted molar refractivity (Wildman–Crippen MR) is 78.9 cm³/mol. The minimum Gasteiger partial charge on any atom is -0.481 e. The first kappa shape index (κ1) is 16.8. The summed E-state index contributed by atoms with van der Waals surface area (Å²) >= 11 is 5.86. The van der Waals surface area contributed by atoms with E-state index >= 15 is 0 Å². The fourth-order valence-electron chi connectivity index (χ4n) is 1.83. The van der Waals surface area contributed by atoms with E-state index in [1.54, 1.807) is 0 Å². The molecule has 1 unspecified atom stereocenters. The highest BCUT2D eigenvalue weighted by Gasteiger charge is 2.20. The second-order valence-electron chi connectivity index (χ2n) is 4.63. The fraction of sp³-hybridized carbons (Fsp3) is 0.133. The highest BCUT2D eigenvalue weighted by Crippen LogP contribution is 2.29. The van der Waals surface area contributed by atoms with Gasteiger partial charge in [-0.1, -0.05) is 11.6 Å². The van der Waals surface area contributed by atoms with Gasteiger partial charge < -0.3 is 4.74 Å². The second kappa shape index (κ2) is 6.70. The number of hydrogen-bond donors (Lipinski definition) is 0. The molecule has 120 valence electrons. The van der Waals surface area contributed by atoms with Crippen molar-refractivity contribution < 1.29 is 23.2 Å². The molecule has 0 spiro atoms. The molecule has 0 heterocycles. The summed E-state index contributed by atoms with van der Waals surface area (Å²) in [6.45, 7) is 1.40. The van der Waals surface area contributed by atoms with Crippen molar-refractivity contribution in [3.05, 3.63) is 68.7 Å². The van der Waals surface area contributed by atoms with Gasteiger partial charge in [-0.05, 0) is 31.2 Å². The highest BCUT2D eigenvalue weighted by molar-refractivity contribution is 6.32. The Morgan fingerprint density at radius 1 is 1.22 bits per heavy atom. The van der Waals surface area contributed by atoms with Gasteiger partial charge in [-0.3, -0.25) is 14.9 Å². The van der Waals surface area contributed by atoms with Crippen LogP contribution in [0.3, 0.4) is 0 Å². The molecule has 0 aliphatic heterocycles. The number of ketones is 1. The number of carbonyl (C=O) groups is 1. The molecule has 2 aromatic carbocycles. The molecule has 0 saturated carbocycles. The summed E-state index contributed by atoms with van der Waals surface area (Å²) in [5.74, 6) is -2.72. The lowest BCUT2D eigenvalue weighted by Crippen LogP contribution is -2.24. The average Bonchev–Trinajstić information content (AvgIpc) is 2.51. The van der Waals surface area contributed by atoms with Crippen LogP contribution in [0.15, 0.2) is 36.4 Å². The quantitative estimate of drug-likeness (QED) is 0.465. The standard InChI is InChI=1S/C15H10ClF2NO4/c1-8(15(20)9-2-4-12(17)13(18)6-9)23-14-5-3-10(19(21)22)7-11(14)16/h2-8H,1H3. The zero-order chi connectivity index (χ0) is 17.1. The van der Waals surface area contributed by atoms with Gasteiger partial charge in [0.05, 0.1) is 9.95 Å². The number of nitro groups is 1. The van der Waals surface area contributed by atoms with Gasteiger partial charge in [-0.25, -0.2) is 8.78 Å². The molecule has 0 aromatic heterocycles. The summed E-state index contributed by atoms with van der Waals surface area (Å²) < 4.78 is 31.4. The molecule has 0 fully saturated rings.